The molecule has 2 rings (SSSR count). The first-order valence-corrected chi connectivity index (χ1v) is 5.29. The zero-order chi connectivity index (χ0) is 12.4. The van der Waals surface area contributed by atoms with E-state index < -0.39 is 24.5 Å². The number of hydrogen-bond acceptors (Lipinski definition) is 6. The number of ether oxygens (including phenoxy) is 1. The average molecular weight is 241 g/mol. The molecule has 0 saturated carbocycles. The molecule has 0 spiro atoms. The highest BCUT2D eigenvalue weighted by atomic mass is 16.5. The molecule has 0 unspecified atom stereocenters. The van der Waals surface area contributed by atoms with Crippen LogP contribution >= 0.6 is 0 Å². The van der Waals surface area contributed by atoms with E-state index in [1.165, 1.54) is 12.1 Å². The lowest BCUT2D eigenvalue weighted by molar-refractivity contribution is -0.178. The molecule has 1 saturated heterocycles. The average Bonchev–Trinajstić information content (AvgIpc) is 2.33. The molecule has 0 bridgehead atoms. The number of phenols is 1. The van der Waals surface area contributed by atoms with Crippen LogP contribution in [0.1, 0.15) is 0 Å². The van der Waals surface area contributed by atoms with E-state index in [0.29, 0.717) is 5.69 Å². The molecule has 1 aromatic carbocycles. The zero-order valence-corrected chi connectivity index (χ0v) is 9.02. The molecule has 5 N–H and O–H groups in total. The van der Waals surface area contributed by atoms with E-state index in [4.69, 9.17) is 9.84 Å². The van der Waals surface area contributed by atoms with Gasteiger partial charge in [-0.1, -0.05) is 0 Å². The number of anilines is 1. The van der Waals surface area contributed by atoms with Crippen molar-refractivity contribution in [3.8, 4) is 5.75 Å². The standard InChI is InChI=1S/C11H15NO5/c13-7-3-1-6(2-4-7)12-11-10(16)9(15)8(14)5-17-11/h1-4,8-16H,5H2/t8-,9-,10-,11+/m1/s1. The lowest BCUT2D eigenvalue weighted by Crippen LogP contribution is -2.55. The summed E-state index contributed by atoms with van der Waals surface area (Å²) in [5, 5.41) is 40.4. The molecule has 6 heteroatoms. The van der Waals surface area contributed by atoms with Crippen LogP contribution in [0, 0.1) is 0 Å². The minimum Gasteiger partial charge on any atom is -0.508 e. The van der Waals surface area contributed by atoms with Crippen molar-refractivity contribution in [3.63, 3.8) is 0 Å². The smallest absolute Gasteiger partial charge is 0.156 e. The van der Waals surface area contributed by atoms with Crippen LogP contribution in [0.2, 0.25) is 0 Å². The van der Waals surface area contributed by atoms with Crippen molar-refractivity contribution in [2.75, 3.05) is 11.9 Å². The summed E-state index contributed by atoms with van der Waals surface area (Å²) in [6, 6.07) is 6.21. The van der Waals surface area contributed by atoms with Gasteiger partial charge >= 0.3 is 0 Å². The van der Waals surface area contributed by atoms with Crippen LogP contribution < -0.4 is 5.32 Å². The van der Waals surface area contributed by atoms with Crippen molar-refractivity contribution >= 4 is 5.69 Å². The van der Waals surface area contributed by atoms with Crippen LogP contribution in [0.5, 0.6) is 5.75 Å². The fourth-order valence-corrected chi connectivity index (χ4v) is 1.66. The highest BCUT2D eigenvalue weighted by Crippen LogP contribution is 2.20. The van der Waals surface area contributed by atoms with Crippen molar-refractivity contribution < 1.29 is 25.2 Å². The molecule has 4 atom stereocenters. The van der Waals surface area contributed by atoms with Crippen LogP contribution in [0.25, 0.3) is 0 Å². The number of phenolic OH excluding ortho intramolecular Hbond substituents is 1. The Bertz CT molecular complexity index is 369. The molecule has 1 aliphatic heterocycles. The Kier molecular flexibility index (Phi) is 3.49. The number of nitrogens with one attached hydrogen (secondary N) is 1. The van der Waals surface area contributed by atoms with Gasteiger partial charge in [-0.3, -0.25) is 0 Å². The van der Waals surface area contributed by atoms with Crippen LogP contribution in [0.3, 0.4) is 0 Å². The van der Waals surface area contributed by atoms with Gasteiger partial charge in [0.1, 0.15) is 24.1 Å². The number of aliphatic hydroxyl groups excluding tert-OH is 3. The minimum atomic E-state index is -1.24. The second-order valence-corrected chi connectivity index (χ2v) is 3.99. The molecule has 6 nitrogen and oxygen atoms in total. The maximum Gasteiger partial charge on any atom is 0.156 e. The van der Waals surface area contributed by atoms with Crippen molar-refractivity contribution in [3.05, 3.63) is 24.3 Å². The van der Waals surface area contributed by atoms with Crippen molar-refractivity contribution in [1.29, 1.82) is 0 Å². The number of benzene rings is 1. The van der Waals surface area contributed by atoms with Gasteiger partial charge in [-0.25, -0.2) is 0 Å². The summed E-state index contributed by atoms with van der Waals surface area (Å²) in [7, 11) is 0. The number of aromatic hydroxyl groups is 1. The highest BCUT2D eigenvalue weighted by Gasteiger charge is 2.37. The van der Waals surface area contributed by atoms with Gasteiger partial charge in [0.15, 0.2) is 6.23 Å². The van der Waals surface area contributed by atoms with E-state index in [1.54, 1.807) is 12.1 Å². The third-order valence-electron chi connectivity index (χ3n) is 2.68. The van der Waals surface area contributed by atoms with Crippen molar-refractivity contribution in [1.82, 2.24) is 0 Å². The topological polar surface area (TPSA) is 102 Å². The molecule has 0 radical (unpaired) electrons. The Morgan fingerprint density at radius 3 is 2.35 bits per heavy atom. The summed E-state index contributed by atoms with van der Waals surface area (Å²) in [5.41, 5.74) is 0.635. The molecular weight excluding hydrogens is 226 g/mol. The maximum atomic E-state index is 9.68. The summed E-state index contributed by atoms with van der Waals surface area (Å²) in [4.78, 5) is 0. The van der Waals surface area contributed by atoms with Crippen LogP contribution in [-0.4, -0.2) is 51.6 Å². The Morgan fingerprint density at radius 2 is 1.71 bits per heavy atom. The first-order valence-electron chi connectivity index (χ1n) is 5.29. The van der Waals surface area contributed by atoms with E-state index in [1.807, 2.05) is 0 Å². The normalized spacial score (nSPS) is 33.4. The van der Waals surface area contributed by atoms with Gasteiger partial charge < -0.3 is 30.5 Å². The minimum absolute atomic E-state index is 0.0476. The molecule has 0 aliphatic carbocycles. The molecule has 0 amide bonds. The summed E-state index contributed by atoms with van der Waals surface area (Å²) in [6.45, 7) is -0.0476. The summed E-state index contributed by atoms with van der Waals surface area (Å²) < 4.78 is 5.17. The second-order valence-electron chi connectivity index (χ2n) is 3.99. The van der Waals surface area contributed by atoms with E-state index in [-0.39, 0.29) is 12.4 Å². The third-order valence-corrected chi connectivity index (χ3v) is 2.68. The fourth-order valence-electron chi connectivity index (χ4n) is 1.66. The SMILES string of the molecule is Oc1ccc(N[C@H]2OC[C@@H](O)[C@@H](O)[C@H]2O)cc1. The largest absolute Gasteiger partial charge is 0.508 e. The summed E-state index contributed by atoms with van der Waals surface area (Å²) >= 11 is 0. The lowest BCUT2D eigenvalue weighted by Gasteiger charge is -2.35. The predicted molar refractivity (Wildman–Crippen MR) is 59.5 cm³/mol. The number of aliphatic hydroxyl groups is 3. The molecule has 17 heavy (non-hydrogen) atoms. The van der Waals surface area contributed by atoms with E-state index in [9.17, 15) is 15.3 Å². The van der Waals surface area contributed by atoms with Crippen LogP contribution in [-0.2, 0) is 4.74 Å². The second kappa shape index (κ2) is 4.89. The monoisotopic (exact) mass is 241 g/mol. The van der Waals surface area contributed by atoms with E-state index in [2.05, 4.69) is 5.32 Å². The fraction of sp³-hybridized carbons (Fsp3) is 0.455. The molecule has 1 aromatic rings. The Morgan fingerprint density at radius 1 is 1.06 bits per heavy atom. The van der Waals surface area contributed by atoms with Gasteiger partial charge in [0.2, 0.25) is 0 Å². The quantitative estimate of drug-likeness (QED) is 0.436. The Labute approximate surface area is 98.1 Å². The maximum absolute atomic E-state index is 9.68. The van der Waals surface area contributed by atoms with Gasteiger partial charge in [-0.05, 0) is 24.3 Å². The highest BCUT2D eigenvalue weighted by molar-refractivity contribution is 5.46. The summed E-state index contributed by atoms with van der Waals surface area (Å²) in [6.07, 6.45) is -4.33. The number of hydrogen-bond donors (Lipinski definition) is 5. The zero-order valence-electron chi connectivity index (χ0n) is 9.02. The molecule has 1 aliphatic rings. The first-order chi connectivity index (χ1) is 8.08. The molecule has 1 fully saturated rings. The third kappa shape index (κ3) is 2.67. The first kappa shape index (κ1) is 12.1. The molecule has 0 aromatic heterocycles. The molecular formula is C11H15NO5. The van der Waals surface area contributed by atoms with Crippen molar-refractivity contribution in [2.24, 2.45) is 0 Å². The van der Waals surface area contributed by atoms with Gasteiger partial charge in [0, 0.05) is 5.69 Å². The van der Waals surface area contributed by atoms with Crippen LogP contribution in [0.4, 0.5) is 5.69 Å². The lowest BCUT2D eigenvalue weighted by atomic mass is 10.0. The van der Waals surface area contributed by atoms with E-state index >= 15 is 0 Å². The van der Waals surface area contributed by atoms with Gasteiger partial charge in [-0.15, -0.1) is 0 Å². The molecule has 94 valence electrons. The van der Waals surface area contributed by atoms with Crippen LogP contribution in [0.15, 0.2) is 24.3 Å². The van der Waals surface area contributed by atoms with Gasteiger partial charge in [0.25, 0.3) is 0 Å². The predicted octanol–water partition coefficient (Wildman–Crippen LogP) is -0.757. The Balaban J connectivity index is 2.01. The van der Waals surface area contributed by atoms with Gasteiger partial charge in [-0.2, -0.15) is 0 Å². The molecule has 1 heterocycles. The summed E-state index contributed by atoms with van der Waals surface area (Å²) in [5.74, 6) is 0.135. The number of rotatable bonds is 2. The van der Waals surface area contributed by atoms with Gasteiger partial charge in [0.05, 0.1) is 6.61 Å². The van der Waals surface area contributed by atoms with E-state index in [0.717, 1.165) is 0 Å². The Hall–Kier alpha value is -1.34. The van der Waals surface area contributed by atoms with Crippen molar-refractivity contribution in [2.45, 2.75) is 24.5 Å².